The van der Waals surface area contributed by atoms with E-state index in [1.54, 1.807) is 11.3 Å². The molecule has 0 radical (unpaired) electrons. The highest BCUT2D eigenvalue weighted by atomic mass is 32.1. The van der Waals surface area contributed by atoms with Gasteiger partial charge in [0.15, 0.2) is 0 Å². The predicted molar refractivity (Wildman–Crippen MR) is 107 cm³/mol. The van der Waals surface area contributed by atoms with Crippen molar-refractivity contribution in [3.63, 3.8) is 0 Å². The zero-order chi connectivity index (χ0) is 18.6. The number of likely N-dealkylation sites (tertiary alicyclic amines) is 1. The fraction of sp³-hybridized carbons (Fsp3) is 0.750. The highest BCUT2D eigenvalue weighted by Gasteiger charge is 2.37. The minimum absolute atomic E-state index is 0.0730. The lowest BCUT2D eigenvalue weighted by Crippen LogP contribution is -2.69. The fourth-order valence-corrected chi connectivity index (χ4v) is 5.33. The Morgan fingerprint density at radius 3 is 3.04 bits per heavy atom. The van der Waals surface area contributed by atoms with Crippen molar-refractivity contribution >= 4 is 17.2 Å². The van der Waals surface area contributed by atoms with Crippen molar-refractivity contribution in [1.29, 1.82) is 0 Å². The molecule has 4 heterocycles. The molecular formula is C20H32N4O2S. The Morgan fingerprint density at radius 2 is 2.22 bits per heavy atom. The smallest absolute Gasteiger partial charge is 0.225 e. The third-order valence-electron chi connectivity index (χ3n) is 6.05. The number of carbonyl (C=O) groups excluding carboxylic acids is 1. The van der Waals surface area contributed by atoms with Crippen LogP contribution < -0.4 is 10.6 Å². The molecule has 0 spiro atoms. The van der Waals surface area contributed by atoms with Crippen LogP contribution in [0.3, 0.4) is 0 Å². The molecule has 0 aliphatic carbocycles. The van der Waals surface area contributed by atoms with Gasteiger partial charge in [0.25, 0.3) is 0 Å². The Hall–Kier alpha value is -0.990. The van der Waals surface area contributed by atoms with Gasteiger partial charge in [-0.3, -0.25) is 19.9 Å². The molecule has 3 aliphatic rings. The molecule has 0 aromatic carbocycles. The quantitative estimate of drug-likeness (QED) is 0.821. The molecule has 27 heavy (non-hydrogen) atoms. The summed E-state index contributed by atoms with van der Waals surface area (Å²) < 4.78 is 5.68. The first-order valence-electron chi connectivity index (χ1n) is 10.4. The molecular weight excluding hydrogens is 360 g/mol. The lowest BCUT2D eigenvalue weighted by molar-refractivity contribution is -0.133. The van der Waals surface area contributed by atoms with Gasteiger partial charge in [0.1, 0.15) is 6.29 Å². The van der Waals surface area contributed by atoms with Gasteiger partial charge in [-0.25, -0.2) is 0 Å². The standard InChI is InChI=1S/C20H32N4O2S/c1-15-13-23(8-9-26-15)18-12-19(25)22-20(21-18)24-7-4-2-3-5-17(24)11-16-6-10-27-14-16/h6,10,14-15,17-18,20-21H,2-5,7-9,11-13H2,1H3,(H,22,25)/t15-,17-,18?,20?/m1/s1. The molecule has 0 saturated carbocycles. The highest BCUT2D eigenvalue weighted by molar-refractivity contribution is 7.07. The summed E-state index contributed by atoms with van der Waals surface area (Å²) in [6.45, 7) is 5.67. The van der Waals surface area contributed by atoms with Crippen LogP contribution in [0.25, 0.3) is 0 Å². The molecule has 4 rings (SSSR count). The van der Waals surface area contributed by atoms with Crippen LogP contribution in [0.2, 0.25) is 0 Å². The van der Waals surface area contributed by atoms with E-state index in [0.717, 1.165) is 32.7 Å². The number of thiophene rings is 1. The molecule has 1 aromatic heterocycles. The monoisotopic (exact) mass is 392 g/mol. The van der Waals surface area contributed by atoms with E-state index < -0.39 is 0 Å². The van der Waals surface area contributed by atoms with E-state index in [9.17, 15) is 4.79 Å². The van der Waals surface area contributed by atoms with Crippen LogP contribution in [0.5, 0.6) is 0 Å². The number of carbonyl (C=O) groups is 1. The predicted octanol–water partition coefficient (Wildman–Crippen LogP) is 1.98. The van der Waals surface area contributed by atoms with Crippen molar-refractivity contribution in [2.75, 3.05) is 26.2 Å². The van der Waals surface area contributed by atoms with E-state index in [2.05, 4.69) is 44.2 Å². The second-order valence-electron chi connectivity index (χ2n) is 8.11. The number of rotatable bonds is 4. The molecule has 1 aromatic rings. The zero-order valence-electron chi connectivity index (χ0n) is 16.2. The summed E-state index contributed by atoms with van der Waals surface area (Å²) in [5, 5.41) is 11.4. The molecule has 3 aliphatic heterocycles. The third kappa shape index (κ3) is 4.90. The zero-order valence-corrected chi connectivity index (χ0v) is 17.0. The first kappa shape index (κ1) is 19.3. The number of amides is 1. The van der Waals surface area contributed by atoms with Gasteiger partial charge in [-0.2, -0.15) is 11.3 Å². The van der Waals surface area contributed by atoms with Gasteiger partial charge in [0, 0.05) is 25.7 Å². The van der Waals surface area contributed by atoms with Crippen molar-refractivity contribution in [2.45, 2.75) is 70.0 Å². The number of nitrogens with zero attached hydrogens (tertiary/aromatic N) is 2. The molecule has 3 saturated heterocycles. The van der Waals surface area contributed by atoms with E-state index in [4.69, 9.17) is 4.74 Å². The maximum Gasteiger partial charge on any atom is 0.225 e. The molecule has 2 unspecified atom stereocenters. The lowest BCUT2D eigenvalue weighted by atomic mass is 10.0. The van der Waals surface area contributed by atoms with Gasteiger partial charge in [0.2, 0.25) is 5.91 Å². The first-order chi connectivity index (χ1) is 13.2. The Bertz CT molecular complexity index is 611. The largest absolute Gasteiger partial charge is 0.376 e. The summed E-state index contributed by atoms with van der Waals surface area (Å²) in [6.07, 6.45) is 6.79. The van der Waals surface area contributed by atoms with Crippen LogP contribution >= 0.6 is 11.3 Å². The van der Waals surface area contributed by atoms with E-state index in [1.165, 1.54) is 31.2 Å². The summed E-state index contributed by atoms with van der Waals surface area (Å²) in [5.41, 5.74) is 1.41. The minimum Gasteiger partial charge on any atom is -0.376 e. The SMILES string of the molecule is C[C@@H]1CN(C2CC(=O)NC(N3CCCCC[C@@H]3Cc3ccsc3)N2)CCO1. The van der Waals surface area contributed by atoms with Crippen LogP contribution in [-0.2, 0) is 16.0 Å². The average molecular weight is 393 g/mol. The maximum absolute atomic E-state index is 12.5. The number of ether oxygens (including phenoxy) is 1. The van der Waals surface area contributed by atoms with Crippen LogP contribution in [0, 0.1) is 0 Å². The van der Waals surface area contributed by atoms with Crippen LogP contribution in [0.15, 0.2) is 16.8 Å². The second kappa shape index (κ2) is 9.01. The fourth-order valence-electron chi connectivity index (χ4n) is 4.65. The van der Waals surface area contributed by atoms with Gasteiger partial charge in [0.05, 0.1) is 25.3 Å². The number of nitrogens with one attached hydrogen (secondary N) is 2. The van der Waals surface area contributed by atoms with Crippen LogP contribution in [0.4, 0.5) is 0 Å². The summed E-state index contributed by atoms with van der Waals surface area (Å²) in [7, 11) is 0. The van der Waals surface area contributed by atoms with Gasteiger partial charge >= 0.3 is 0 Å². The van der Waals surface area contributed by atoms with Crippen LogP contribution in [0.1, 0.15) is 44.6 Å². The van der Waals surface area contributed by atoms with Gasteiger partial charge in [-0.15, -0.1) is 0 Å². The third-order valence-corrected chi connectivity index (χ3v) is 6.78. The Labute approximate surface area is 166 Å². The van der Waals surface area contributed by atoms with E-state index in [-0.39, 0.29) is 24.5 Å². The van der Waals surface area contributed by atoms with Gasteiger partial charge in [-0.05, 0) is 48.6 Å². The maximum atomic E-state index is 12.5. The van der Waals surface area contributed by atoms with Crippen molar-refractivity contribution in [3.05, 3.63) is 22.4 Å². The van der Waals surface area contributed by atoms with Crippen molar-refractivity contribution < 1.29 is 9.53 Å². The number of hydrogen-bond acceptors (Lipinski definition) is 6. The van der Waals surface area contributed by atoms with E-state index in [1.807, 2.05) is 0 Å². The molecule has 150 valence electrons. The Kier molecular flexibility index (Phi) is 6.45. The summed E-state index contributed by atoms with van der Waals surface area (Å²) >= 11 is 1.77. The molecule has 2 N–H and O–H groups in total. The minimum atomic E-state index is -0.0730. The van der Waals surface area contributed by atoms with Gasteiger partial charge in [-0.1, -0.05) is 12.8 Å². The lowest BCUT2D eigenvalue weighted by Gasteiger charge is -2.46. The topological polar surface area (TPSA) is 56.8 Å². The van der Waals surface area contributed by atoms with E-state index in [0.29, 0.717) is 12.5 Å². The van der Waals surface area contributed by atoms with Crippen molar-refractivity contribution in [2.24, 2.45) is 0 Å². The average Bonchev–Trinajstić information content (AvgIpc) is 3.05. The second-order valence-corrected chi connectivity index (χ2v) is 8.89. The summed E-state index contributed by atoms with van der Waals surface area (Å²) in [6, 6.07) is 2.71. The number of hydrogen-bond donors (Lipinski definition) is 2. The van der Waals surface area contributed by atoms with E-state index >= 15 is 0 Å². The summed E-state index contributed by atoms with van der Waals surface area (Å²) in [4.78, 5) is 17.4. The molecule has 7 heteroatoms. The molecule has 4 atom stereocenters. The molecule has 6 nitrogen and oxygen atoms in total. The number of morpholine rings is 1. The highest BCUT2D eigenvalue weighted by Crippen LogP contribution is 2.24. The van der Waals surface area contributed by atoms with Gasteiger partial charge < -0.3 is 10.1 Å². The van der Waals surface area contributed by atoms with Crippen molar-refractivity contribution in [1.82, 2.24) is 20.4 Å². The van der Waals surface area contributed by atoms with Crippen LogP contribution in [-0.4, -0.2) is 66.5 Å². The van der Waals surface area contributed by atoms with Crippen molar-refractivity contribution in [3.8, 4) is 0 Å². The normalized spacial score (nSPS) is 34.2. The molecule has 1 amide bonds. The molecule has 3 fully saturated rings. The Morgan fingerprint density at radius 1 is 1.30 bits per heavy atom. The summed E-state index contributed by atoms with van der Waals surface area (Å²) in [5.74, 6) is 0.154. The first-order valence-corrected chi connectivity index (χ1v) is 11.3. The Balaban J connectivity index is 1.47. The molecule has 0 bridgehead atoms.